The largest absolute Gasteiger partial charge is 0.534 e. The van der Waals surface area contributed by atoms with Crippen LogP contribution in [0.1, 0.15) is 31.9 Å². The summed E-state index contributed by atoms with van der Waals surface area (Å²) in [6, 6.07) is 10.3. The second kappa shape index (κ2) is 12.7. The van der Waals surface area contributed by atoms with Gasteiger partial charge in [0.15, 0.2) is 0 Å². The number of fused-ring (bicyclic) bond motifs is 2. The van der Waals surface area contributed by atoms with Gasteiger partial charge in [-0.15, -0.1) is 11.3 Å². The number of methoxy groups -OCH3 is 1. The van der Waals surface area contributed by atoms with Crippen molar-refractivity contribution in [1.82, 2.24) is 9.88 Å². The van der Waals surface area contributed by atoms with Gasteiger partial charge >= 0.3 is 21.7 Å². The number of hydrogen-bond acceptors (Lipinski definition) is 9. The van der Waals surface area contributed by atoms with E-state index < -0.39 is 39.0 Å². The lowest BCUT2D eigenvalue weighted by Gasteiger charge is -2.31. The van der Waals surface area contributed by atoms with E-state index in [9.17, 15) is 30.8 Å². The van der Waals surface area contributed by atoms with Crippen molar-refractivity contribution in [2.24, 2.45) is 0 Å². The fourth-order valence-electron chi connectivity index (χ4n) is 4.91. The minimum atomic E-state index is -6.16. The van der Waals surface area contributed by atoms with Crippen LogP contribution in [-0.2, 0) is 32.6 Å². The molecule has 0 N–H and O–H groups in total. The van der Waals surface area contributed by atoms with Crippen molar-refractivity contribution in [1.29, 1.82) is 0 Å². The Balaban J connectivity index is 1.64. The first-order valence-corrected chi connectivity index (χ1v) is 16.3. The van der Waals surface area contributed by atoms with Crippen molar-refractivity contribution >= 4 is 37.6 Å². The number of thiophene rings is 1. The van der Waals surface area contributed by atoms with E-state index in [4.69, 9.17) is 18.4 Å². The highest BCUT2D eigenvalue weighted by Gasteiger charge is 2.49. The van der Waals surface area contributed by atoms with E-state index in [2.05, 4.69) is 4.98 Å². The molecule has 2 aromatic heterocycles. The standard InChI is InChI=1S/C31H30F4N2O7S2/c1-30(2,3)43-29(38)37-11-9-18-15-19(5-6-20(18)17-37)26-23-10-14-45-27(23)25(28(36-26)44-46(39,40)31(33,34)35)22-8-7-21(32)16-24(22)42-13-12-41-4/h5-8,10,14-16H,9,11-13,17H2,1-4H3. The summed E-state index contributed by atoms with van der Waals surface area (Å²) in [6.45, 7) is 6.11. The molecule has 0 fully saturated rings. The second-order valence-corrected chi connectivity index (χ2v) is 13.9. The first kappa shape index (κ1) is 33.4. The topological polar surface area (TPSA) is 104 Å². The van der Waals surface area contributed by atoms with Crippen molar-refractivity contribution < 1.29 is 49.2 Å². The average molecular weight is 683 g/mol. The van der Waals surface area contributed by atoms with Gasteiger partial charge in [-0.3, -0.25) is 0 Å². The highest BCUT2D eigenvalue weighted by molar-refractivity contribution is 7.88. The van der Waals surface area contributed by atoms with Crippen LogP contribution in [0.2, 0.25) is 0 Å². The number of halogens is 4. The molecule has 1 amide bonds. The molecule has 0 bridgehead atoms. The third-order valence-electron chi connectivity index (χ3n) is 6.95. The molecule has 0 atom stereocenters. The van der Waals surface area contributed by atoms with E-state index in [1.807, 2.05) is 0 Å². The zero-order chi connectivity index (χ0) is 33.4. The Morgan fingerprint density at radius 1 is 1.04 bits per heavy atom. The molecule has 5 rings (SSSR count). The Labute approximate surface area is 266 Å². The van der Waals surface area contributed by atoms with Gasteiger partial charge in [0.25, 0.3) is 0 Å². The normalized spacial score (nSPS) is 13.9. The van der Waals surface area contributed by atoms with Gasteiger partial charge < -0.3 is 23.3 Å². The molecule has 1 aliphatic heterocycles. The van der Waals surface area contributed by atoms with Crippen molar-refractivity contribution in [2.75, 3.05) is 26.9 Å². The summed E-state index contributed by atoms with van der Waals surface area (Å²) >= 11 is 1.12. The van der Waals surface area contributed by atoms with Crippen LogP contribution in [0.25, 0.3) is 32.5 Å². The Hall–Kier alpha value is -3.95. The molecule has 1 aliphatic rings. The zero-order valence-electron chi connectivity index (χ0n) is 25.2. The number of carbonyl (C=O) groups is 1. The van der Waals surface area contributed by atoms with E-state index in [1.54, 1.807) is 55.3 Å². The van der Waals surface area contributed by atoms with Crippen LogP contribution in [0.5, 0.6) is 11.6 Å². The minimum absolute atomic E-state index is 0.0242. The molecule has 0 aliphatic carbocycles. The maximum Gasteiger partial charge on any atom is 0.534 e. The van der Waals surface area contributed by atoms with E-state index in [0.717, 1.165) is 34.6 Å². The van der Waals surface area contributed by atoms with Crippen LogP contribution >= 0.6 is 11.3 Å². The molecule has 9 nitrogen and oxygen atoms in total. The summed E-state index contributed by atoms with van der Waals surface area (Å²) < 4.78 is 101. The van der Waals surface area contributed by atoms with Crippen LogP contribution in [0, 0.1) is 5.82 Å². The quantitative estimate of drug-likeness (QED) is 0.0825. The van der Waals surface area contributed by atoms with Crippen molar-refractivity contribution in [2.45, 2.75) is 44.8 Å². The van der Waals surface area contributed by atoms with E-state index in [1.165, 1.54) is 13.2 Å². The van der Waals surface area contributed by atoms with Crippen LogP contribution in [0.3, 0.4) is 0 Å². The molecule has 4 aromatic rings. The summed E-state index contributed by atoms with van der Waals surface area (Å²) in [5.74, 6) is -1.61. The number of hydrogen-bond donors (Lipinski definition) is 0. The first-order valence-electron chi connectivity index (χ1n) is 14.0. The number of pyridine rings is 1. The summed E-state index contributed by atoms with van der Waals surface area (Å²) in [5.41, 5.74) is -4.05. The predicted octanol–water partition coefficient (Wildman–Crippen LogP) is 7.32. The number of amides is 1. The van der Waals surface area contributed by atoms with E-state index >= 15 is 0 Å². The van der Waals surface area contributed by atoms with E-state index in [0.29, 0.717) is 35.2 Å². The fraction of sp³-hybridized carbons (Fsp3) is 0.355. The average Bonchev–Trinajstić information content (AvgIpc) is 3.45. The number of alkyl halides is 3. The molecule has 0 saturated heterocycles. The number of benzene rings is 2. The third-order valence-corrected chi connectivity index (χ3v) is 8.82. The SMILES string of the molecule is COCCOc1cc(F)ccc1-c1c(OS(=O)(=O)C(F)(F)F)nc(-c2ccc3c(c2)CCN(C(=O)OC(C)(C)C)C3)c2ccsc12. The van der Waals surface area contributed by atoms with E-state index in [-0.39, 0.29) is 35.8 Å². The van der Waals surface area contributed by atoms with Crippen molar-refractivity contribution in [3.8, 4) is 34.0 Å². The van der Waals surface area contributed by atoms with Gasteiger partial charge in [0.1, 0.15) is 23.8 Å². The highest BCUT2D eigenvalue weighted by Crippen LogP contribution is 2.47. The smallest absolute Gasteiger partial charge is 0.490 e. The number of nitrogens with zero attached hydrogens (tertiary/aromatic N) is 2. The summed E-state index contributed by atoms with van der Waals surface area (Å²) in [5, 5.41) is 2.17. The monoisotopic (exact) mass is 682 g/mol. The lowest BCUT2D eigenvalue weighted by Crippen LogP contribution is -2.39. The Bertz CT molecular complexity index is 1890. The molecule has 15 heteroatoms. The Morgan fingerprint density at radius 3 is 2.50 bits per heavy atom. The first-order chi connectivity index (χ1) is 21.6. The van der Waals surface area contributed by atoms with Crippen LogP contribution < -0.4 is 8.92 Å². The van der Waals surface area contributed by atoms with Gasteiger partial charge in [0.2, 0.25) is 5.88 Å². The van der Waals surface area contributed by atoms with Gasteiger partial charge in [-0.2, -0.15) is 21.6 Å². The molecule has 46 heavy (non-hydrogen) atoms. The maximum atomic E-state index is 14.3. The molecule has 2 aromatic carbocycles. The molecule has 3 heterocycles. The fourth-order valence-corrected chi connectivity index (χ4v) is 6.28. The lowest BCUT2D eigenvalue weighted by atomic mass is 9.95. The number of carbonyl (C=O) groups excluding carboxylic acids is 1. The molecule has 0 unspecified atom stereocenters. The lowest BCUT2D eigenvalue weighted by molar-refractivity contribution is -0.0501. The number of aromatic nitrogens is 1. The number of rotatable bonds is 8. The van der Waals surface area contributed by atoms with Crippen LogP contribution in [0.15, 0.2) is 47.8 Å². The molecule has 0 radical (unpaired) electrons. The Morgan fingerprint density at radius 2 is 1.80 bits per heavy atom. The predicted molar refractivity (Wildman–Crippen MR) is 164 cm³/mol. The number of ether oxygens (including phenoxy) is 3. The summed E-state index contributed by atoms with van der Waals surface area (Å²) in [7, 11) is -4.73. The third kappa shape index (κ3) is 7.05. The molecule has 246 valence electrons. The van der Waals surface area contributed by atoms with Crippen molar-refractivity contribution in [3.63, 3.8) is 0 Å². The molecule has 0 saturated carbocycles. The van der Waals surface area contributed by atoms with Gasteiger partial charge in [-0.25, -0.2) is 14.2 Å². The van der Waals surface area contributed by atoms with Crippen LogP contribution in [0.4, 0.5) is 22.4 Å². The van der Waals surface area contributed by atoms with Gasteiger partial charge in [0.05, 0.1) is 17.9 Å². The van der Waals surface area contributed by atoms with Gasteiger partial charge in [-0.1, -0.05) is 12.1 Å². The molecular formula is C31H30F4N2O7S2. The second-order valence-electron chi connectivity index (χ2n) is 11.4. The molecule has 0 spiro atoms. The van der Waals surface area contributed by atoms with Gasteiger partial charge in [-0.05, 0) is 68.0 Å². The molecular weight excluding hydrogens is 652 g/mol. The summed E-state index contributed by atoms with van der Waals surface area (Å²) in [4.78, 5) is 18.6. The van der Waals surface area contributed by atoms with Crippen LogP contribution in [-0.4, -0.2) is 62.4 Å². The summed E-state index contributed by atoms with van der Waals surface area (Å²) in [6.07, 6.45) is 0.0232. The zero-order valence-corrected chi connectivity index (χ0v) is 26.9. The minimum Gasteiger partial charge on any atom is -0.490 e. The Kier molecular flexibility index (Phi) is 9.21. The van der Waals surface area contributed by atoms with Crippen molar-refractivity contribution in [3.05, 3.63) is 64.8 Å². The van der Waals surface area contributed by atoms with Gasteiger partial charge in [0, 0.05) is 47.5 Å². The highest BCUT2D eigenvalue weighted by atomic mass is 32.2. The maximum absolute atomic E-state index is 14.3.